The van der Waals surface area contributed by atoms with E-state index < -0.39 is 11.2 Å². The third-order valence-electron chi connectivity index (χ3n) is 5.74. The van der Waals surface area contributed by atoms with Crippen molar-refractivity contribution in [3.8, 4) is 5.69 Å². The Labute approximate surface area is 207 Å². The first-order chi connectivity index (χ1) is 17.0. The van der Waals surface area contributed by atoms with Gasteiger partial charge in [-0.1, -0.05) is 54.1 Å². The number of nitrogens with one attached hydrogen (secondary N) is 1. The average Bonchev–Trinajstić information content (AvgIpc) is 2.86. The molecule has 0 radical (unpaired) electrons. The molecule has 7 nitrogen and oxygen atoms in total. The lowest BCUT2D eigenvalue weighted by atomic mass is 10.1. The number of carbonyl (C=O) groups excluding carboxylic acids is 1. The Hall–Kier alpha value is -3.68. The summed E-state index contributed by atoms with van der Waals surface area (Å²) in [5, 5.41) is 3.82. The SMILES string of the molecule is COCCCNC(=O)Cc1ccc(-n2c(=O)c3ccccc3n(Cc3ccccc3Cl)c2=O)cc1. The molecule has 0 spiro atoms. The molecular formula is C27H26ClN3O4. The number of ether oxygens (including phenoxy) is 1. The van der Waals surface area contributed by atoms with Gasteiger partial charge < -0.3 is 10.1 Å². The molecule has 0 saturated heterocycles. The van der Waals surface area contributed by atoms with Crippen LogP contribution in [0.2, 0.25) is 5.02 Å². The molecule has 4 rings (SSSR count). The van der Waals surface area contributed by atoms with Crippen molar-refractivity contribution >= 4 is 28.4 Å². The molecule has 0 aliphatic rings. The van der Waals surface area contributed by atoms with E-state index in [2.05, 4.69) is 5.32 Å². The second kappa shape index (κ2) is 11.2. The molecule has 35 heavy (non-hydrogen) atoms. The first-order valence-electron chi connectivity index (χ1n) is 11.3. The van der Waals surface area contributed by atoms with Crippen LogP contribution in [0.25, 0.3) is 16.6 Å². The molecule has 180 valence electrons. The number of nitrogens with zero attached hydrogens (tertiary/aromatic N) is 2. The molecule has 1 N–H and O–H groups in total. The van der Waals surface area contributed by atoms with Gasteiger partial charge in [-0.2, -0.15) is 0 Å². The normalized spacial score (nSPS) is 11.0. The Morgan fingerprint density at radius 1 is 0.971 bits per heavy atom. The number of carbonyl (C=O) groups is 1. The molecule has 0 fully saturated rings. The Kier molecular flexibility index (Phi) is 7.80. The maximum absolute atomic E-state index is 13.6. The minimum absolute atomic E-state index is 0.0983. The van der Waals surface area contributed by atoms with Gasteiger partial charge in [-0.25, -0.2) is 9.36 Å². The van der Waals surface area contributed by atoms with Crippen LogP contribution in [-0.4, -0.2) is 35.3 Å². The number of benzene rings is 3. The van der Waals surface area contributed by atoms with Crippen LogP contribution in [0.15, 0.2) is 82.4 Å². The van der Waals surface area contributed by atoms with Gasteiger partial charge in [0.05, 0.1) is 29.6 Å². The number of fused-ring (bicyclic) bond motifs is 1. The summed E-state index contributed by atoms with van der Waals surface area (Å²) in [5.74, 6) is -0.0983. The molecule has 1 amide bonds. The van der Waals surface area contributed by atoms with E-state index in [0.29, 0.717) is 34.8 Å². The van der Waals surface area contributed by atoms with Gasteiger partial charge in [0.1, 0.15) is 0 Å². The molecule has 4 aromatic rings. The minimum atomic E-state index is -0.461. The topological polar surface area (TPSA) is 82.3 Å². The number of rotatable bonds is 9. The molecule has 0 unspecified atom stereocenters. The second-order valence-corrected chi connectivity index (χ2v) is 8.56. The first-order valence-corrected chi connectivity index (χ1v) is 11.7. The first kappa shape index (κ1) is 24.4. The Bertz CT molecular complexity index is 1460. The van der Waals surface area contributed by atoms with Crippen molar-refractivity contribution in [2.75, 3.05) is 20.3 Å². The van der Waals surface area contributed by atoms with Crippen LogP contribution in [-0.2, 0) is 22.5 Å². The average molecular weight is 492 g/mol. The van der Waals surface area contributed by atoms with Crippen LogP contribution in [0.1, 0.15) is 17.5 Å². The van der Waals surface area contributed by atoms with E-state index in [-0.39, 0.29) is 18.9 Å². The highest BCUT2D eigenvalue weighted by atomic mass is 35.5. The van der Waals surface area contributed by atoms with E-state index >= 15 is 0 Å². The number of methoxy groups -OCH3 is 1. The molecule has 3 aromatic carbocycles. The molecule has 1 heterocycles. The van der Waals surface area contributed by atoms with Crippen LogP contribution in [0, 0.1) is 0 Å². The van der Waals surface area contributed by atoms with E-state index in [1.807, 2.05) is 18.2 Å². The fourth-order valence-corrected chi connectivity index (χ4v) is 4.15. The van der Waals surface area contributed by atoms with Gasteiger partial charge >= 0.3 is 5.69 Å². The van der Waals surface area contributed by atoms with Gasteiger partial charge in [0.15, 0.2) is 0 Å². The standard InChI is InChI=1S/C27H26ClN3O4/c1-35-16-6-15-29-25(32)17-19-11-13-21(14-12-19)31-26(33)22-8-3-5-10-24(22)30(27(31)34)18-20-7-2-4-9-23(20)28/h2-5,7-14H,6,15-18H2,1H3,(H,29,32). The van der Waals surface area contributed by atoms with Crippen LogP contribution in [0.5, 0.6) is 0 Å². The summed E-state index contributed by atoms with van der Waals surface area (Å²) in [6.45, 7) is 1.35. The summed E-state index contributed by atoms with van der Waals surface area (Å²) in [6, 6.07) is 21.2. The highest BCUT2D eigenvalue weighted by molar-refractivity contribution is 6.31. The fourth-order valence-electron chi connectivity index (χ4n) is 3.95. The van der Waals surface area contributed by atoms with Crippen molar-refractivity contribution in [3.05, 3.63) is 110 Å². The molecule has 0 aliphatic heterocycles. The largest absolute Gasteiger partial charge is 0.385 e. The van der Waals surface area contributed by atoms with E-state index in [9.17, 15) is 14.4 Å². The van der Waals surface area contributed by atoms with Crippen molar-refractivity contribution in [3.63, 3.8) is 0 Å². The van der Waals surface area contributed by atoms with Crippen molar-refractivity contribution in [1.29, 1.82) is 0 Å². The number of halogens is 1. The predicted octanol–water partition coefficient (Wildman–Crippen LogP) is 3.55. The zero-order valence-corrected chi connectivity index (χ0v) is 20.1. The van der Waals surface area contributed by atoms with Crippen LogP contribution >= 0.6 is 11.6 Å². The van der Waals surface area contributed by atoms with Gasteiger partial charge in [-0.15, -0.1) is 0 Å². The number of hydrogen-bond donors (Lipinski definition) is 1. The summed E-state index contributed by atoms with van der Waals surface area (Å²) in [5.41, 5.74) is 1.67. The van der Waals surface area contributed by atoms with Crippen molar-refractivity contribution in [2.45, 2.75) is 19.4 Å². The zero-order valence-electron chi connectivity index (χ0n) is 19.4. The van der Waals surface area contributed by atoms with E-state index in [1.165, 1.54) is 0 Å². The Morgan fingerprint density at radius 2 is 1.69 bits per heavy atom. The molecule has 0 bridgehead atoms. The summed E-state index contributed by atoms with van der Waals surface area (Å²) in [7, 11) is 1.62. The highest BCUT2D eigenvalue weighted by Crippen LogP contribution is 2.18. The van der Waals surface area contributed by atoms with E-state index in [4.69, 9.17) is 16.3 Å². The summed E-state index contributed by atoms with van der Waals surface area (Å²) in [4.78, 5) is 39.0. The Morgan fingerprint density at radius 3 is 2.43 bits per heavy atom. The van der Waals surface area contributed by atoms with Crippen LogP contribution in [0.4, 0.5) is 0 Å². The molecule has 1 aromatic heterocycles. The quantitative estimate of drug-likeness (QED) is 0.363. The maximum atomic E-state index is 13.6. The minimum Gasteiger partial charge on any atom is -0.385 e. The van der Waals surface area contributed by atoms with E-state index in [0.717, 1.165) is 22.1 Å². The van der Waals surface area contributed by atoms with Crippen LogP contribution < -0.4 is 16.6 Å². The van der Waals surface area contributed by atoms with Crippen molar-refractivity contribution in [2.24, 2.45) is 0 Å². The predicted molar refractivity (Wildman–Crippen MR) is 138 cm³/mol. The molecule has 0 aliphatic carbocycles. The summed E-state index contributed by atoms with van der Waals surface area (Å²) >= 11 is 6.35. The molecular weight excluding hydrogens is 466 g/mol. The molecule has 8 heteroatoms. The van der Waals surface area contributed by atoms with Crippen LogP contribution in [0.3, 0.4) is 0 Å². The van der Waals surface area contributed by atoms with Gasteiger partial charge in [-0.05, 0) is 47.9 Å². The van der Waals surface area contributed by atoms with Gasteiger partial charge in [0.2, 0.25) is 5.91 Å². The lowest BCUT2D eigenvalue weighted by Gasteiger charge is -2.15. The number of para-hydroxylation sites is 1. The fraction of sp³-hybridized carbons (Fsp3) is 0.222. The number of aromatic nitrogens is 2. The van der Waals surface area contributed by atoms with Gasteiger partial charge in [0, 0.05) is 25.3 Å². The zero-order chi connectivity index (χ0) is 24.8. The number of amides is 1. The summed E-state index contributed by atoms with van der Waals surface area (Å²) < 4.78 is 7.69. The molecule has 0 saturated carbocycles. The monoisotopic (exact) mass is 491 g/mol. The van der Waals surface area contributed by atoms with Gasteiger partial charge in [-0.3, -0.25) is 14.2 Å². The van der Waals surface area contributed by atoms with Crippen molar-refractivity contribution in [1.82, 2.24) is 14.5 Å². The molecule has 0 atom stereocenters. The second-order valence-electron chi connectivity index (χ2n) is 8.16. The maximum Gasteiger partial charge on any atom is 0.336 e. The third-order valence-corrected chi connectivity index (χ3v) is 6.11. The third kappa shape index (κ3) is 5.53. The van der Waals surface area contributed by atoms with Gasteiger partial charge in [0.25, 0.3) is 5.56 Å². The Balaban J connectivity index is 1.68. The highest BCUT2D eigenvalue weighted by Gasteiger charge is 2.15. The van der Waals surface area contributed by atoms with E-state index in [1.54, 1.807) is 66.3 Å². The number of hydrogen-bond acceptors (Lipinski definition) is 4. The lowest BCUT2D eigenvalue weighted by Crippen LogP contribution is -2.39. The smallest absolute Gasteiger partial charge is 0.336 e. The van der Waals surface area contributed by atoms with Crippen molar-refractivity contribution < 1.29 is 9.53 Å². The summed E-state index contributed by atoms with van der Waals surface area (Å²) in [6.07, 6.45) is 0.948. The lowest BCUT2D eigenvalue weighted by molar-refractivity contribution is -0.120.